The quantitative estimate of drug-likeness (QED) is 0.790. The van der Waals surface area contributed by atoms with E-state index in [2.05, 4.69) is 17.0 Å². The van der Waals surface area contributed by atoms with Crippen molar-refractivity contribution in [2.24, 2.45) is 17.8 Å². The maximum Gasteiger partial charge on any atom is 0.387 e. The summed E-state index contributed by atoms with van der Waals surface area (Å²) in [5.41, 5.74) is 0.459. The molecule has 5 heteroatoms. The smallest absolute Gasteiger partial charge is 0.387 e. The van der Waals surface area contributed by atoms with Gasteiger partial charge in [-0.05, 0) is 56.1 Å². The Morgan fingerprint density at radius 2 is 2.08 bits per heavy atom. The summed E-state index contributed by atoms with van der Waals surface area (Å²) in [5.74, 6) is 2.02. The lowest BCUT2D eigenvalue weighted by Gasteiger charge is -2.28. The predicted octanol–water partition coefficient (Wildman–Crippen LogP) is 4.24. The van der Waals surface area contributed by atoms with Crippen LogP contribution in [0.2, 0.25) is 0 Å². The third-order valence-corrected chi connectivity index (χ3v) is 5.35. The average Bonchev–Trinajstić information content (AvgIpc) is 3.16. The fourth-order valence-corrected chi connectivity index (χ4v) is 4.27. The van der Waals surface area contributed by atoms with Crippen molar-refractivity contribution in [3.63, 3.8) is 0 Å². The topological polar surface area (TPSA) is 38.3 Å². The summed E-state index contributed by atoms with van der Waals surface area (Å²) in [6.45, 7) is -0.823. The van der Waals surface area contributed by atoms with Crippen molar-refractivity contribution in [3.05, 3.63) is 35.9 Å². The molecular formula is C19H23F2NO2. The molecule has 0 spiro atoms. The standard InChI is InChI=1S/C19H23F2NO2/c1-12(16-11-13-6-7-15(16)10-13)22-18(23)9-8-14-4-2-3-5-17(14)24-19(20)21/h2-5,8-9,12-13,15-16,19H,6-7,10-11H2,1H3,(H,22,23)/b9-8+. The molecule has 3 rings (SSSR count). The normalized spacial score (nSPS) is 26.9. The highest BCUT2D eigenvalue weighted by Crippen LogP contribution is 2.49. The van der Waals surface area contributed by atoms with Crippen molar-refractivity contribution in [3.8, 4) is 5.75 Å². The molecule has 1 aromatic carbocycles. The highest BCUT2D eigenvalue weighted by atomic mass is 19.3. The van der Waals surface area contributed by atoms with E-state index in [0.717, 1.165) is 11.8 Å². The van der Waals surface area contributed by atoms with E-state index in [1.165, 1.54) is 43.9 Å². The molecule has 0 heterocycles. The molecule has 2 fully saturated rings. The zero-order valence-electron chi connectivity index (χ0n) is 13.8. The third kappa shape index (κ3) is 3.94. The fourth-order valence-electron chi connectivity index (χ4n) is 4.27. The van der Waals surface area contributed by atoms with Gasteiger partial charge >= 0.3 is 6.61 Å². The number of para-hydroxylation sites is 1. The van der Waals surface area contributed by atoms with Crippen LogP contribution in [0.1, 0.15) is 38.2 Å². The molecule has 4 unspecified atom stereocenters. The molecule has 2 bridgehead atoms. The van der Waals surface area contributed by atoms with Gasteiger partial charge in [-0.15, -0.1) is 0 Å². The molecule has 4 atom stereocenters. The van der Waals surface area contributed by atoms with Crippen molar-refractivity contribution in [1.29, 1.82) is 0 Å². The lowest BCUT2D eigenvalue weighted by Crippen LogP contribution is -2.39. The largest absolute Gasteiger partial charge is 0.434 e. The van der Waals surface area contributed by atoms with Crippen LogP contribution in [0.4, 0.5) is 8.78 Å². The number of alkyl halides is 2. The molecular weight excluding hydrogens is 312 g/mol. The molecule has 2 aliphatic carbocycles. The van der Waals surface area contributed by atoms with Gasteiger partial charge in [0.25, 0.3) is 0 Å². The van der Waals surface area contributed by atoms with Crippen LogP contribution in [0, 0.1) is 17.8 Å². The monoisotopic (exact) mass is 335 g/mol. The average molecular weight is 335 g/mol. The number of hydrogen-bond donors (Lipinski definition) is 1. The summed E-state index contributed by atoms with van der Waals surface area (Å²) in [5, 5.41) is 3.02. The summed E-state index contributed by atoms with van der Waals surface area (Å²) in [4.78, 5) is 12.1. The summed E-state index contributed by atoms with van der Waals surface area (Å²) >= 11 is 0. The number of carbonyl (C=O) groups excluding carboxylic acids is 1. The molecule has 130 valence electrons. The number of amides is 1. The SMILES string of the molecule is CC(NC(=O)/C=C/c1ccccc1OC(F)F)C1CC2CCC1C2. The lowest BCUT2D eigenvalue weighted by atomic mass is 9.84. The van der Waals surface area contributed by atoms with Gasteiger partial charge < -0.3 is 10.1 Å². The van der Waals surface area contributed by atoms with Crippen LogP contribution in [0.5, 0.6) is 5.75 Å². The van der Waals surface area contributed by atoms with Crippen molar-refractivity contribution in [1.82, 2.24) is 5.32 Å². The van der Waals surface area contributed by atoms with Crippen LogP contribution in [0.3, 0.4) is 0 Å². The number of nitrogens with one attached hydrogen (secondary N) is 1. The summed E-state index contributed by atoms with van der Waals surface area (Å²) in [6, 6.07) is 6.58. The van der Waals surface area contributed by atoms with Gasteiger partial charge in [0.2, 0.25) is 5.91 Å². The van der Waals surface area contributed by atoms with Crippen molar-refractivity contribution >= 4 is 12.0 Å². The Bertz CT molecular complexity index is 617. The Balaban J connectivity index is 1.57. The van der Waals surface area contributed by atoms with Gasteiger partial charge in [0, 0.05) is 17.7 Å². The second-order valence-corrected chi connectivity index (χ2v) is 6.89. The van der Waals surface area contributed by atoms with Crippen molar-refractivity contribution < 1.29 is 18.3 Å². The van der Waals surface area contributed by atoms with Gasteiger partial charge in [0.1, 0.15) is 5.75 Å². The Kier molecular flexibility index (Phi) is 5.17. The minimum absolute atomic E-state index is 0.0673. The second kappa shape index (κ2) is 7.32. The molecule has 1 N–H and O–H groups in total. The number of halogens is 2. The van der Waals surface area contributed by atoms with Gasteiger partial charge in [0.15, 0.2) is 0 Å². The Morgan fingerprint density at radius 1 is 1.29 bits per heavy atom. The molecule has 3 nitrogen and oxygen atoms in total. The van der Waals surface area contributed by atoms with Crippen LogP contribution in [-0.2, 0) is 4.79 Å². The molecule has 24 heavy (non-hydrogen) atoms. The zero-order valence-corrected chi connectivity index (χ0v) is 13.8. The predicted molar refractivity (Wildman–Crippen MR) is 88.7 cm³/mol. The first kappa shape index (κ1) is 16.9. The Hall–Kier alpha value is -1.91. The first-order valence-electron chi connectivity index (χ1n) is 8.55. The van der Waals surface area contributed by atoms with E-state index in [1.54, 1.807) is 18.2 Å². The van der Waals surface area contributed by atoms with Crippen LogP contribution in [0.25, 0.3) is 6.08 Å². The van der Waals surface area contributed by atoms with E-state index in [0.29, 0.717) is 11.5 Å². The van der Waals surface area contributed by atoms with E-state index in [-0.39, 0.29) is 17.7 Å². The van der Waals surface area contributed by atoms with Crippen molar-refractivity contribution in [2.75, 3.05) is 0 Å². The fraction of sp³-hybridized carbons (Fsp3) is 0.526. The summed E-state index contributed by atoms with van der Waals surface area (Å²) < 4.78 is 29.2. The molecule has 0 saturated heterocycles. The Morgan fingerprint density at radius 3 is 2.75 bits per heavy atom. The first-order chi connectivity index (χ1) is 11.5. The number of fused-ring (bicyclic) bond motifs is 2. The number of carbonyl (C=O) groups is 1. The highest BCUT2D eigenvalue weighted by molar-refractivity contribution is 5.92. The Labute approximate surface area is 141 Å². The molecule has 1 amide bonds. The van der Waals surface area contributed by atoms with E-state index < -0.39 is 6.61 Å². The third-order valence-electron chi connectivity index (χ3n) is 5.35. The molecule has 1 aromatic rings. The summed E-state index contributed by atoms with van der Waals surface area (Å²) in [7, 11) is 0. The van der Waals surface area contributed by atoms with Crippen LogP contribution in [-0.4, -0.2) is 18.6 Å². The van der Waals surface area contributed by atoms with Gasteiger partial charge in [-0.2, -0.15) is 8.78 Å². The number of benzene rings is 1. The van der Waals surface area contributed by atoms with Crippen molar-refractivity contribution in [2.45, 2.75) is 45.3 Å². The number of ether oxygens (including phenoxy) is 1. The molecule has 2 aliphatic rings. The molecule has 2 saturated carbocycles. The molecule has 0 aliphatic heterocycles. The summed E-state index contributed by atoms with van der Waals surface area (Å²) in [6.07, 6.45) is 8.03. The van der Waals surface area contributed by atoms with E-state index >= 15 is 0 Å². The highest BCUT2D eigenvalue weighted by Gasteiger charge is 2.41. The van der Waals surface area contributed by atoms with Gasteiger partial charge in [-0.1, -0.05) is 24.6 Å². The number of hydrogen-bond acceptors (Lipinski definition) is 2. The van der Waals surface area contributed by atoms with Crippen LogP contribution < -0.4 is 10.1 Å². The maximum atomic E-state index is 12.4. The number of rotatable bonds is 6. The van der Waals surface area contributed by atoms with Crippen LogP contribution >= 0.6 is 0 Å². The van der Waals surface area contributed by atoms with E-state index in [9.17, 15) is 13.6 Å². The van der Waals surface area contributed by atoms with E-state index in [4.69, 9.17) is 0 Å². The first-order valence-corrected chi connectivity index (χ1v) is 8.55. The van der Waals surface area contributed by atoms with Crippen LogP contribution in [0.15, 0.2) is 30.3 Å². The molecule has 0 radical (unpaired) electrons. The maximum absolute atomic E-state index is 12.4. The lowest BCUT2D eigenvalue weighted by molar-refractivity contribution is -0.117. The van der Waals surface area contributed by atoms with Gasteiger partial charge in [-0.3, -0.25) is 4.79 Å². The molecule has 0 aromatic heterocycles. The minimum Gasteiger partial charge on any atom is -0.434 e. The minimum atomic E-state index is -2.88. The second-order valence-electron chi connectivity index (χ2n) is 6.89. The van der Waals surface area contributed by atoms with E-state index in [1.807, 2.05) is 0 Å². The van der Waals surface area contributed by atoms with Gasteiger partial charge in [-0.25, -0.2) is 0 Å². The zero-order chi connectivity index (χ0) is 17.1. The van der Waals surface area contributed by atoms with Gasteiger partial charge in [0.05, 0.1) is 0 Å².